The summed E-state index contributed by atoms with van der Waals surface area (Å²) >= 11 is 0. The van der Waals surface area contributed by atoms with Crippen molar-refractivity contribution in [1.82, 2.24) is 0 Å². The molecule has 1 aliphatic carbocycles. The first-order valence-electron chi connectivity index (χ1n) is 6.43. The fourth-order valence-corrected chi connectivity index (χ4v) is 2.42. The molecule has 0 spiro atoms. The van der Waals surface area contributed by atoms with Gasteiger partial charge in [0, 0.05) is 0 Å². The van der Waals surface area contributed by atoms with Gasteiger partial charge in [-0.3, -0.25) is 0 Å². The van der Waals surface area contributed by atoms with Gasteiger partial charge in [-0.15, -0.1) is 0 Å². The summed E-state index contributed by atoms with van der Waals surface area (Å²) in [6, 6.07) is 10.5. The van der Waals surface area contributed by atoms with Crippen LogP contribution in [0.15, 0.2) is 60.2 Å². The molecule has 0 heteroatoms. The Kier molecular flexibility index (Phi) is 3.98. The highest BCUT2D eigenvalue weighted by atomic mass is 14.2. The molecule has 0 nitrogen and oxygen atoms in total. The smallest absolute Gasteiger partial charge is 0.0157 e. The van der Waals surface area contributed by atoms with Crippen molar-refractivity contribution in [2.75, 3.05) is 0 Å². The summed E-state index contributed by atoms with van der Waals surface area (Å²) in [4.78, 5) is 0. The van der Waals surface area contributed by atoms with E-state index in [-0.39, 0.29) is 0 Å². The van der Waals surface area contributed by atoms with Crippen molar-refractivity contribution in [3.8, 4) is 0 Å². The van der Waals surface area contributed by atoms with E-state index in [1.807, 2.05) is 0 Å². The van der Waals surface area contributed by atoms with Gasteiger partial charge < -0.3 is 0 Å². The summed E-state index contributed by atoms with van der Waals surface area (Å²) in [5, 5.41) is 0. The molecule has 0 saturated carbocycles. The maximum Gasteiger partial charge on any atom is -0.0157 e. The van der Waals surface area contributed by atoms with Crippen LogP contribution < -0.4 is 0 Å². The second-order valence-corrected chi connectivity index (χ2v) is 4.52. The Balaban J connectivity index is 2.26. The van der Waals surface area contributed by atoms with Gasteiger partial charge in [-0.25, -0.2) is 0 Å². The molecule has 1 aliphatic rings. The van der Waals surface area contributed by atoms with Crippen LogP contribution in [-0.2, 0) is 0 Å². The minimum Gasteiger partial charge on any atom is -0.0909 e. The molecule has 1 aromatic carbocycles. The van der Waals surface area contributed by atoms with Gasteiger partial charge >= 0.3 is 0 Å². The summed E-state index contributed by atoms with van der Waals surface area (Å²) in [7, 11) is 0. The van der Waals surface area contributed by atoms with E-state index in [2.05, 4.69) is 56.0 Å². The van der Waals surface area contributed by atoms with Gasteiger partial charge in [-0.05, 0) is 54.9 Å². The molecule has 2 rings (SSSR count). The first-order chi connectivity index (χ1) is 8.33. The van der Waals surface area contributed by atoms with E-state index in [1.165, 1.54) is 48.0 Å². The SMILES string of the molecule is C=C(C1=CCCCC1)/C(=C\C)c1ccccc1. The monoisotopic (exact) mass is 224 g/mol. The molecule has 0 radical (unpaired) electrons. The predicted molar refractivity (Wildman–Crippen MR) is 75.8 cm³/mol. The van der Waals surface area contributed by atoms with E-state index < -0.39 is 0 Å². The second kappa shape index (κ2) is 5.67. The molecule has 0 heterocycles. The van der Waals surface area contributed by atoms with Crippen LogP contribution in [0.1, 0.15) is 38.2 Å². The van der Waals surface area contributed by atoms with E-state index in [4.69, 9.17) is 0 Å². The average Bonchev–Trinajstić information content (AvgIpc) is 2.42. The fraction of sp³-hybridized carbons (Fsp3) is 0.294. The van der Waals surface area contributed by atoms with Gasteiger partial charge in [0.2, 0.25) is 0 Å². The maximum absolute atomic E-state index is 4.29. The highest BCUT2D eigenvalue weighted by Gasteiger charge is 2.11. The Morgan fingerprint density at radius 2 is 1.94 bits per heavy atom. The van der Waals surface area contributed by atoms with Crippen molar-refractivity contribution in [2.45, 2.75) is 32.6 Å². The lowest BCUT2D eigenvalue weighted by Gasteiger charge is -2.18. The molecular formula is C17H20. The van der Waals surface area contributed by atoms with Crippen molar-refractivity contribution < 1.29 is 0 Å². The standard InChI is InChI=1S/C17H20/c1-3-17(16-12-8-5-9-13-16)14(2)15-10-6-4-7-11-15/h3,5,8-10,12-13H,2,4,6-7,11H2,1H3/b17-3+. The third kappa shape index (κ3) is 2.76. The third-order valence-electron chi connectivity index (χ3n) is 3.38. The molecule has 0 unspecified atom stereocenters. The number of hydrogen-bond donors (Lipinski definition) is 0. The van der Waals surface area contributed by atoms with Crippen LogP contribution in [-0.4, -0.2) is 0 Å². The zero-order chi connectivity index (χ0) is 12.1. The summed E-state index contributed by atoms with van der Waals surface area (Å²) in [6.45, 7) is 6.38. The van der Waals surface area contributed by atoms with Crippen LogP contribution >= 0.6 is 0 Å². The van der Waals surface area contributed by atoms with Gasteiger partial charge in [0.15, 0.2) is 0 Å². The largest absolute Gasteiger partial charge is 0.0909 e. The van der Waals surface area contributed by atoms with Crippen LogP contribution in [0, 0.1) is 0 Å². The summed E-state index contributed by atoms with van der Waals surface area (Å²) in [6.07, 6.45) is 9.55. The lowest BCUT2D eigenvalue weighted by Crippen LogP contribution is -1.97. The molecule has 0 aliphatic heterocycles. The number of allylic oxidation sites excluding steroid dienone is 5. The topological polar surface area (TPSA) is 0 Å². The zero-order valence-corrected chi connectivity index (χ0v) is 10.6. The highest BCUT2D eigenvalue weighted by molar-refractivity contribution is 5.82. The van der Waals surface area contributed by atoms with Crippen molar-refractivity contribution in [3.63, 3.8) is 0 Å². The highest BCUT2D eigenvalue weighted by Crippen LogP contribution is 2.32. The number of benzene rings is 1. The van der Waals surface area contributed by atoms with Gasteiger partial charge in [0.05, 0.1) is 0 Å². The van der Waals surface area contributed by atoms with Crippen LogP contribution in [0.3, 0.4) is 0 Å². The Hall–Kier alpha value is -1.56. The van der Waals surface area contributed by atoms with E-state index >= 15 is 0 Å². The number of rotatable bonds is 3. The first-order valence-corrected chi connectivity index (χ1v) is 6.43. The second-order valence-electron chi connectivity index (χ2n) is 4.52. The lowest BCUT2D eigenvalue weighted by molar-refractivity contribution is 0.709. The Bertz CT molecular complexity index is 446. The van der Waals surface area contributed by atoms with Crippen molar-refractivity contribution in [1.29, 1.82) is 0 Å². The quantitative estimate of drug-likeness (QED) is 0.623. The van der Waals surface area contributed by atoms with Gasteiger partial charge in [0.25, 0.3) is 0 Å². The first kappa shape index (κ1) is 11.9. The third-order valence-corrected chi connectivity index (χ3v) is 3.38. The van der Waals surface area contributed by atoms with E-state index in [1.54, 1.807) is 0 Å². The molecule has 1 aromatic rings. The minimum absolute atomic E-state index is 1.18. The summed E-state index contributed by atoms with van der Waals surface area (Å²) in [5.74, 6) is 0. The average molecular weight is 224 g/mol. The van der Waals surface area contributed by atoms with E-state index in [0.717, 1.165) is 0 Å². The molecule has 0 aromatic heterocycles. The molecule has 0 N–H and O–H groups in total. The molecule has 88 valence electrons. The molecule has 0 saturated heterocycles. The van der Waals surface area contributed by atoms with E-state index in [9.17, 15) is 0 Å². The molecule has 0 fully saturated rings. The number of hydrogen-bond acceptors (Lipinski definition) is 0. The van der Waals surface area contributed by atoms with Crippen LogP contribution in [0.4, 0.5) is 0 Å². The fourth-order valence-electron chi connectivity index (χ4n) is 2.42. The van der Waals surface area contributed by atoms with Gasteiger partial charge in [0.1, 0.15) is 0 Å². The van der Waals surface area contributed by atoms with Crippen molar-refractivity contribution in [3.05, 3.63) is 65.8 Å². The maximum atomic E-state index is 4.29. The van der Waals surface area contributed by atoms with Crippen LogP contribution in [0.5, 0.6) is 0 Å². The van der Waals surface area contributed by atoms with E-state index in [0.29, 0.717) is 0 Å². The van der Waals surface area contributed by atoms with Gasteiger partial charge in [-0.2, -0.15) is 0 Å². The Morgan fingerprint density at radius 1 is 1.18 bits per heavy atom. The van der Waals surface area contributed by atoms with Crippen LogP contribution in [0.25, 0.3) is 5.57 Å². The zero-order valence-electron chi connectivity index (χ0n) is 10.6. The lowest BCUT2D eigenvalue weighted by atomic mass is 9.87. The van der Waals surface area contributed by atoms with Crippen LogP contribution in [0.2, 0.25) is 0 Å². The van der Waals surface area contributed by atoms with Gasteiger partial charge in [-0.1, -0.05) is 49.1 Å². The summed E-state index contributed by atoms with van der Waals surface area (Å²) in [5.41, 5.74) is 5.19. The minimum atomic E-state index is 1.18. The molecule has 17 heavy (non-hydrogen) atoms. The predicted octanol–water partition coefficient (Wildman–Crippen LogP) is 5.15. The summed E-state index contributed by atoms with van der Waals surface area (Å²) < 4.78 is 0. The normalized spacial score (nSPS) is 16.5. The molecular weight excluding hydrogens is 204 g/mol. The molecule has 0 amide bonds. The van der Waals surface area contributed by atoms with Crippen molar-refractivity contribution in [2.24, 2.45) is 0 Å². The Labute approximate surface area is 104 Å². The van der Waals surface area contributed by atoms with Crippen molar-refractivity contribution >= 4 is 5.57 Å². The molecule has 0 atom stereocenters. The molecule has 0 bridgehead atoms. The Morgan fingerprint density at radius 3 is 2.53 bits per heavy atom.